The normalized spacial score (nSPS) is 13.3. The SMILES string of the molecule is CC(C)[PH](c1ccccc1)(c1ccccc1)[PH](c1ccccc1)(c1ccccc1)C(C)C. The summed E-state index contributed by atoms with van der Waals surface area (Å²) in [6, 6.07) is 46.0. The third-order valence-electron chi connectivity index (χ3n) is 7.27. The molecule has 0 N–H and O–H groups in total. The average Bonchev–Trinajstić information content (AvgIpc) is 2.84. The van der Waals surface area contributed by atoms with Gasteiger partial charge in [0.2, 0.25) is 0 Å². The summed E-state index contributed by atoms with van der Waals surface area (Å²) in [5.74, 6) is 0. The van der Waals surface area contributed by atoms with E-state index in [9.17, 15) is 0 Å². The molecule has 0 heterocycles. The Bertz CT molecular complexity index is 933. The van der Waals surface area contributed by atoms with E-state index in [1.165, 1.54) is 0 Å². The van der Waals surface area contributed by atoms with Crippen LogP contribution >= 0.6 is 13.9 Å². The molecule has 0 fully saturated rings. The number of hydrogen-bond acceptors (Lipinski definition) is 0. The van der Waals surface area contributed by atoms with Crippen molar-refractivity contribution < 1.29 is 0 Å². The Kier molecular flexibility index (Phi) is 6.95. The Balaban J connectivity index is 2.26. The zero-order valence-corrected chi connectivity index (χ0v) is 21.7. The van der Waals surface area contributed by atoms with Gasteiger partial charge in [0.15, 0.2) is 0 Å². The molecule has 0 aliphatic carbocycles. The van der Waals surface area contributed by atoms with Crippen molar-refractivity contribution in [3.63, 3.8) is 0 Å². The molecular formula is C30H36P2. The summed E-state index contributed by atoms with van der Waals surface area (Å²) in [4.78, 5) is 0. The Morgan fingerprint density at radius 2 is 0.531 bits per heavy atom. The summed E-state index contributed by atoms with van der Waals surface area (Å²) in [7, 11) is 0. The first-order chi connectivity index (χ1) is 15.6. The minimum atomic E-state index is -2.31. The first kappa shape index (κ1) is 22.9. The average molecular weight is 459 g/mol. The van der Waals surface area contributed by atoms with Crippen molar-refractivity contribution in [2.24, 2.45) is 0 Å². The second-order valence-electron chi connectivity index (χ2n) is 9.39. The van der Waals surface area contributed by atoms with Crippen LogP contribution in [-0.4, -0.2) is 11.3 Å². The predicted molar refractivity (Wildman–Crippen MR) is 151 cm³/mol. The van der Waals surface area contributed by atoms with Gasteiger partial charge in [0.05, 0.1) is 0 Å². The van der Waals surface area contributed by atoms with E-state index in [1.807, 2.05) is 0 Å². The molecule has 0 spiro atoms. The summed E-state index contributed by atoms with van der Waals surface area (Å²) < 4.78 is 0. The molecular weight excluding hydrogens is 422 g/mol. The van der Waals surface area contributed by atoms with Crippen LogP contribution in [0.25, 0.3) is 0 Å². The van der Waals surface area contributed by atoms with Crippen LogP contribution in [0.4, 0.5) is 0 Å². The molecule has 0 radical (unpaired) electrons. The molecule has 0 nitrogen and oxygen atoms in total. The molecule has 4 rings (SSSR count). The van der Waals surface area contributed by atoms with E-state index in [4.69, 9.17) is 0 Å². The standard InChI is InChI=1S/C30H36P2/c1-25(2)31(27-17-9-5-10-18-27,28-19-11-6-12-20-28)32(26(3)4,29-21-13-7-14-22-29)30-23-15-8-16-24-30/h5-26,31-32H,1-4H3. The van der Waals surface area contributed by atoms with Crippen LogP contribution in [0.1, 0.15) is 27.7 Å². The van der Waals surface area contributed by atoms with Crippen molar-refractivity contribution >= 4 is 35.1 Å². The zero-order valence-electron chi connectivity index (χ0n) is 19.7. The van der Waals surface area contributed by atoms with E-state index in [1.54, 1.807) is 21.2 Å². The predicted octanol–water partition coefficient (Wildman–Crippen LogP) is 6.52. The third kappa shape index (κ3) is 3.55. The molecule has 0 bridgehead atoms. The molecule has 0 aliphatic heterocycles. The van der Waals surface area contributed by atoms with Gasteiger partial charge in [-0.25, -0.2) is 0 Å². The van der Waals surface area contributed by atoms with E-state index in [0.29, 0.717) is 11.3 Å². The fourth-order valence-electron chi connectivity index (χ4n) is 6.29. The molecule has 0 atom stereocenters. The van der Waals surface area contributed by atoms with E-state index in [-0.39, 0.29) is 0 Å². The van der Waals surface area contributed by atoms with Gasteiger partial charge in [-0.1, -0.05) is 0 Å². The van der Waals surface area contributed by atoms with E-state index in [2.05, 4.69) is 149 Å². The van der Waals surface area contributed by atoms with Crippen LogP contribution < -0.4 is 21.2 Å². The Hall–Kier alpha value is -2.26. The first-order valence-electron chi connectivity index (χ1n) is 11.8. The van der Waals surface area contributed by atoms with Crippen LogP contribution in [0.3, 0.4) is 0 Å². The molecule has 4 aromatic carbocycles. The molecule has 0 unspecified atom stereocenters. The van der Waals surface area contributed by atoms with Crippen LogP contribution in [0.2, 0.25) is 0 Å². The van der Waals surface area contributed by atoms with Crippen LogP contribution in [-0.2, 0) is 0 Å². The van der Waals surface area contributed by atoms with Gasteiger partial charge in [-0.2, -0.15) is 0 Å². The van der Waals surface area contributed by atoms with Gasteiger partial charge in [0.25, 0.3) is 0 Å². The monoisotopic (exact) mass is 458 g/mol. The summed E-state index contributed by atoms with van der Waals surface area (Å²) in [5, 5.41) is 6.26. The molecule has 0 aromatic heterocycles. The van der Waals surface area contributed by atoms with Crippen LogP contribution in [0.5, 0.6) is 0 Å². The summed E-state index contributed by atoms with van der Waals surface area (Å²) in [5.41, 5.74) is 1.09. The van der Waals surface area contributed by atoms with Gasteiger partial charge >= 0.3 is 195 Å². The fourth-order valence-corrected chi connectivity index (χ4v) is 29.1. The van der Waals surface area contributed by atoms with E-state index in [0.717, 1.165) is 0 Å². The van der Waals surface area contributed by atoms with Crippen molar-refractivity contribution in [1.82, 2.24) is 0 Å². The molecule has 0 aliphatic rings. The molecule has 166 valence electrons. The summed E-state index contributed by atoms with van der Waals surface area (Å²) >= 11 is 0. The molecule has 0 amide bonds. The van der Waals surface area contributed by atoms with Crippen molar-refractivity contribution in [3.05, 3.63) is 121 Å². The minimum absolute atomic E-state index is 0.543. The van der Waals surface area contributed by atoms with Crippen molar-refractivity contribution in [3.8, 4) is 0 Å². The number of rotatable bonds is 7. The number of hydrogen-bond donors (Lipinski definition) is 0. The fraction of sp³-hybridized carbons (Fsp3) is 0.200. The topological polar surface area (TPSA) is 0 Å². The maximum atomic E-state index is 2.49. The van der Waals surface area contributed by atoms with E-state index >= 15 is 0 Å². The summed E-state index contributed by atoms with van der Waals surface area (Å²) in [6.07, 6.45) is 0. The molecule has 32 heavy (non-hydrogen) atoms. The van der Waals surface area contributed by atoms with Gasteiger partial charge < -0.3 is 0 Å². The molecule has 0 saturated carbocycles. The molecule has 2 heteroatoms. The Morgan fingerprint density at radius 3 is 0.688 bits per heavy atom. The van der Waals surface area contributed by atoms with Gasteiger partial charge in [0, 0.05) is 0 Å². The van der Waals surface area contributed by atoms with Gasteiger partial charge in [-0.05, 0) is 0 Å². The summed E-state index contributed by atoms with van der Waals surface area (Å²) in [6.45, 7) is 5.33. The Labute approximate surface area is 195 Å². The van der Waals surface area contributed by atoms with Gasteiger partial charge in [0.1, 0.15) is 0 Å². The van der Waals surface area contributed by atoms with Gasteiger partial charge in [-0.3, -0.25) is 0 Å². The van der Waals surface area contributed by atoms with Crippen LogP contribution in [0, 0.1) is 0 Å². The van der Waals surface area contributed by atoms with Crippen molar-refractivity contribution in [2.75, 3.05) is 0 Å². The Morgan fingerprint density at radius 1 is 0.344 bits per heavy atom. The number of benzene rings is 4. The molecule has 0 saturated heterocycles. The van der Waals surface area contributed by atoms with Crippen LogP contribution in [0.15, 0.2) is 121 Å². The van der Waals surface area contributed by atoms with Crippen molar-refractivity contribution in [1.29, 1.82) is 0 Å². The maximum absolute atomic E-state index is 2.49. The van der Waals surface area contributed by atoms with Crippen molar-refractivity contribution in [2.45, 2.75) is 39.0 Å². The quantitative estimate of drug-likeness (QED) is 0.277. The third-order valence-corrected chi connectivity index (χ3v) is 27.6. The second-order valence-corrected chi connectivity index (χ2v) is 22.0. The van der Waals surface area contributed by atoms with Gasteiger partial charge in [-0.15, -0.1) is 0 Å². The first-order valence-corrected chi connectivity index (χ1v) is 16.9. The zero-order chi connectivity index (χ0) is 22.6. The second kappa shape index (κ2) is 9.70. The van der Waals surface area contributed by atoms with E-state index < -0.39 is 13.9 Å². The molecule has 4 aromatic rings.